The summed E-state index contributed by atoms with van der Waals surface area (Å²) in [5.74, 6) is -0.540. The van der Waals surface area contributed by atoms with Gasteiger partial charge in [0.2, 0.25) is 0 Å². The molecule has 6 nitrogen and oxygen atoms in total. The molecule has 0 aliphatic carbocycles. The number of thioether (sulfide) groups is 1. The Kier molecular flexibility index (Phi) is 6.87. The van der Waals surface area contributed by atoms with E-state index in [2.05, 4.69) is 0 Å². The first-order valence-electron chi connectivity index (χ1n) is 5.57. The molecule has 0 atom stereocenters. The van der Waals surface area contributed by atoms with Gasteiger partial charge in [-0.05, 0) is 29.9 Å². The maximum Gasteiger partial charge on any atom is 0.337 e. The largest absolute Gasteiger partial charge is 0.504 e. The van der Waals surface area contributed by atoms with Gasteiger partial charge in [0.25, 0.3) is 5.91 Å². The van der Waals surface area contributed by atoms with E-state index in [-0.39, 0.29) is 61.2 Å². The number of carbonyl (C=O) groups excluding carboxylic acids is 2. The number of methoxy groups -OCH3 is 1. The van der Waals surface area contributed by atoms with Gasteiger partial charge in [-0.25, -0.2) is 4.79 Å². The third-order valence-corrected chi connectivity index (χ3v) is 3.82. The molecule has 1 fully saturated rings. The van der Waals surface area contributed by atoms with Crippen LogP contribution in [-0.2, 0) is 20.8 Å². The minimum Gasteiger partial charge on any atom is -0.504 e. The van der Waals surface area contributed by atoms with Gasteiger partial charge in [0.05, 0.1) is 19.3 Å². The number of amides is 1. The first kappa shape index (κ1) is 18.2. The van der Waals surface area contributed by atoms with Crippen molar-refractivity contribution in [3.8, 4) is 11.5 Å². The van der Waals surface area contributed by atoms with Gasteiger partial charge in [0, 0.05) is 27.3 Å². The summed E-state index contributed by atoms with van der Waals surface area (Å²) in [6.45, 7) is 0. The molecule has 9 heteroatoms. The van der Waals surface area contributed by atoms with E-state index in [1.54, 1.807) is 6.07 Å². The van der Waals surface area contributed by atoms with Crippen LogP contribution in [0.1, 0.15) is 5.56 Å². The van der Waals surface area contributed by atoms with Crippen molar-refractivity contribution in [3.63, 3.8) is 0 Å². The molecule has 1 aliphatic rings. The molecule has 0 aromatic heterocycles. The number of nitrogens with zero attached hydrogens (tertiary/aromatic N) is 1. The van der Waals surface area contributed by atoms with Gasteiger partial charge in [-0.1, -0.05) is 17.8 Å². The van der Waals surface area contributed by atoms with Crippen molar-refractivity contribution in [1.82, 2.24) is 5.06 Å². The maximum atomic E-state index is 11.8. The van der Waals surface area contributed by atoms with Gasteiger partial charge in [0.15, 0.2) is 15.8 Å². The number of hydroxylamine groups is 2. The molecule has 1 saturated heterocycles. The van der Waals surface area contributed by atoms with Gasteiger partial charge < -0.3 is 14.7 Å². The van der Waals surface area contributed by atoms with Gasteiger partial charge in [-0.15, -0.1) is 5.06 Å². The van der Waals surface area contributed by atoms with Crippen molar-refractivity contribution in [2.24, 2.45) is 0 Å². The molecule has 0 bridgehead atoms. The van der Waals surface area contributed by atoms with Crippen molar-refractivity contribution < 1.29 is 24.3 Å². The Hall–Kier alpha value is -0.878. The average molecular weight is 521 g/mol. The quantitative estimate of drug-likeness (QED) is 0.467. The Labute approximate surface area is 150 Å². The van der Waals surface area contributed by atoms with E-state index in [0.29, 0.717) is 5.56 Å². The standard InChI is InChI=1S/C12H11NO5S2.Pb/c1-17-9-4-7(2-3-8(9)14)5-11(16)18-13-10(15)6-20-12(13)19;/h2-4,14H,5-6H2,1H3;. The van der Waals surface area contributed by atoms with Crippen molar-refractivity contribution in [3.05, 3.63) is 23.8 Å². The Bertz CT molecular complexity index is 565. The Morgan fingerprint density at radius 1 is 1.52 bits per heavy atom. The average Bonchev–Trinajstić information content (AvgIpc) is 2.72. The van der Waals surface area contributed by atoms with Crippen molar-refractivity contribution in [2.75, 3.05) is 12.9 Å². The summed E-state index contributed by atoms with van der Waals surface area (Å²) in [7, 11) is 1.41. The number of thiocarbonyl (C=S) groups is 1. The summed E-state index contributed by atoms with van der Waals surface area (Å²) in [5.41, 5.74) is 0.592. The van der Waals surface area contributed by atoms with Crippen molar-refractivity contribution in [1.29, 1.82) is 0 Å². The zero-order chi connectivity index (χ0) is 14.7. The van der Waals surface area contributed by atoms with E-state index in [9.17, 15) is 14.7 Å². The Morgan fingerprint density at radius 2 is 2.24 bits per heavy atom. The normalized spacial score (nSPS) is 13.9. The second-order valence-electron chi connectivity index (χ2n) is 3.89. The van der Waals surface area contributed by atoms with Crippen LogP contribution in [0.2, 0.25) is 0 Å². The molecule has 0 saturated carbocycles. The summed E-state index contributed by atoms with van der Waals surface area (Å²) < 4.78 is 5.17. The Balaban J connectivity index is 0.00000220. The zero-order valence-electron chi connectivity index (χ0n) is 11.0. The van der Waals surface area contributed by atoms with Gasteiger partial charge >= 0.3 is 5.97 Å². The zero-order valence-corrected chi connectivity index (χ0v) is 16.5. The molecule has 0 unspecified atom stereocenters. The maximum absolute atomic E-state index is 11.8. The minimum atomic E-state index is -0.615. The molecule has 1 aliphatic heterocycles. The molecule has 1 aromatic rings. The van der Waals surface area contributed by atoms with Crippen LogP contribution in [0, 0.1) is 0 Å². The summed E-state index contributed by atoms with van der Waals surface area (Å²) in [6.07, 6.45) is -0.0618. The van der Waals surface area contributed by atoms with E-state index in [1.165, 1.54) is 19.2 Å². The number of benzene rings is 1. The number of rotatable bonds is 4. The monoisotopic (exact) mass is 521 g/mol. The minimum absolute atomic E-state index is 0. The summed E-state index contributed by atoms with van der Waals surface area (Å²) >= 11 is 6.04. The van der Waals surface area contributed by atoms with Crippen LogP contribution in [0.5, 0.6) is 11.5 Å². The fraction of sp³-hybridized carbons (Fsp3) is 0.250. The number of hydrogen-bond donors (Lipinski definition) is 1. The molecular formula is C12H11NO5PbS2. The first-order valence-corrected chi connectivity index (χ1v) is 6.97. The van der Waals surface area contributed by atoms with Crippen LogP contribution in [0.3, 0.4) is 0 Å². The van der Waals surface area contributed by atoms with Crippen molar-refractivity contribution in [2.45, 2.75) is 6.42 Å². The van der Waals surface area contributed by atoms with Crippen molar-refractivity contribution >= 4 is 67.5 Å². The SMILES string of the molecule is COc1cc(CC(=O)ON2C(=O)CSC2=S)ccc1O.[Pb]. The molecule has 1 amide bonds. The van der Waals surface area contributed by atoms with E-state index in [1.807, 2.05) is 0 Å². The molecule has 0 spiro atoms. The van der Waals surface area contributed by atoms with Crippen LogP contribution in [0.15, 0.2) is 18.2 Å². The molecule has 1 aromatic carbocycles. The number of phenols is 1. The van der Waals surface area contributed by atoms with Gasteiger partial charge in [0.1, 0.15) is 0 Å². The predicted molar refractivity (Wildman–Crippen MR) is 82.1 cm³/mol. The van der Waals surface area contributed by atoms with Gasteiger partial charge in [-0.3, -0.25) is 4.79 Å². The first-order chi connectivity index (χ1) is 9.51. The molecule has 1 N–H and O–H groups in total. The van der Waals surface area contributed by atoms with E-state index < -0.39 is 5.97 Å². The molecule has 1 heterocycles. The molecule has 21 heavy (non-hydrogen) atoms. The Morgan fingerprint density at radius 3 is 2.81 bits per heavy atom. The number of phenolic OH excluding ortho intramolecular Hbond substituents is 1. The van der Waals surface area contributed by atoms with Gasteiger partial charge in [-0.2, -0.15) is 0 Å². The summed E-state index contributed by atoms with van der Waals surface area (Å²) in [4.78, 5) is 28.1. The fourth-order valence-electron chi connectivity index (χ4n) is 1.56. The second kappa shape index (κ2) is 7.94. The smallest absolute Gasteiger partial charge is 0.337 e. The number of hydrogen-bond acceptors (Lipinski definition) is 7. The van der Waals surface area contributed by atoms with E-state index in [0.717, 1.165) is 16.8 Å². The van der Waals surface area contributed by atoms with Crippen LogP contribution < -0.4 is 4.74 Å². The van der Waals surface area contributed by atoms with Crippen LogP contribution in [-0.4, -0.2) is 66.5 Å². The fourth-order valence-corrected chi connectivity index (χ4v) is 2.50. The van der Waals surface area contributed by atoms with Crippen LogP contribution in [0.4, 0.5) is 0 Å². The predicted octanol–water partition coefficient (Wildman–Crippen LogP) is 0.881. The summed E-state index contributed by atoms with van der Waals surface area (Å²) in [5, 5.41) is 10.3. The number of ether oxygens (including phenoxy) is 1. The molecule has 110 valence electrons. The van der Waals surface area contributed by atoms with E-state index >= 15 is 0 Å². The second-order valence-corrected chi connectivity index (χ2v) is 5.50. The molecular weight excluding hydrogens is 509 g/mol. The topological polar surface area (TPSA) is 76.1 Å². The van der Waals surface area contributed by atoms with Crippen LogP contribution in [0.25, 0.3) is 0 Å². The van der Waals surface area contributed by atoms with Crippen LogP contribution >= 0.6 is 24.0 Å². The third kappa shape index (κ3) is 4.54. The number of aromatic hydroxyl groups is 1. The number of carbonyl (C=O) groups is 2. The molecule has 4 radical (unpaired) electrons. The van der Waals surface area contributed by atoms with E-state index in [4.69, 9.17) is 21.8 Å². The summed E-state index contributed by atoms with van der Waals surface area (Å²) in [6, 6.07) is 4.51. The third-order valence-electron chi connectivity index (χ3n) is 2.50. The molecule has 2 rings (SSSR count).